The lowest BCUT2D eigenvalue weighted by molar-refractivity contribution is 0.402. The van der Waals surface area contributed by atoms with Gasteiger partial charge in [-0.1, -0.05) is 48.5 Å². The third kappa shape index (κ3) is 3.99. The van der Waals surface area contributed by atoms with E-state index in [1.54, 1.807) is 12.1 Å². The molecule has 30 heavy (non-hydrogen) atoms. The molecule has 4 nitrogen and oxygen atoms in total. The number of benzene rings is 3. The molecule has 1 aromatic heterocycles. The molecule has 3 aromatic carbocycles. The molecule has 1 N–H and O–H groups in total. The zero-order valence-electron chi connectivity index (χ0n) is 16.9. The van der Waals surface area contributed by atoms with Crippen LogP contribution in [0, 0.1) is 5.92 Å². The minimum absolute atomic E-state index is 0.275. The number of phenols is 1. The molecular formula is C26H25N3O. The Morgan fingerprint density at radius 1 is 0.833 bits per heavy atom. The Kier molecular flexibility index (Phi) is 5.06. The molecule has 4 heteroatoms. The normalized spacial score (nSPS) is 14.9. The Bertz CT molecular complexity index is 1130. The number of hydrogen-bond donors (Lipinski definition) is 1. The van der Waals surface area contributed by atoms with Gasteiger partial charge in [0.1, 0.15) is 11.6 Å². The van der Waals surface area contributed by atoms with Gasteiger partial charge >= 0.3 is 0 Å². The average molecular weight is 396 g/mol. The van der Waals surface area contributed by atoms with Gasteiger partial charge in [-0.05, 0) is 66.1 Å². The highest BCUT2D eigenvalue weighted by molar-refractivity contribution is 5.82. The predicted molar refractivity (Wildman–Crippen MR) is 122 cm³/mol. The summed E-state index contributed by atoms with van der Waals surface area (Å²) in [5, 5.41) is 9.53. The van der Waals surface area contributed by atoms with Crippen LogP contribution < -0.4 is 4.90 Å². The number of anilines is 1. The van der Waals surface area contributed by atoms with E-state index in [1.807, 2.05) is 24.4 Å². The molecule has 0 spiro atoms. The summed E-state index contributed by atoms with van der Waals surface area (Å²) in [6.07, 6.45) is 5.43. The van der Waals surface area contributed by atoms with Gasteiger partial charge in [-0.2, -0.15) is 0 Å². The second kappa shape index (κ2) is 8.15. The number of hydrogen-bond acceptors (Lipinski definition) is 4. The van der Waals surface area contributed by atoms with E-state index < -0.39 is 0 Å². The highest BCUT2D eigenvalue weighted by Crippen LogP contribution is 2.28. The smallest absolute Gasteiger partial charge is 0.147 e. The number of fused-ring (bicyclic) bond motifs is 1. The first-order valence-electron chi connectivity index (χ1n) is 10.6. The van der Waals surface area contributed by atoms with Gasteiger partial charge in [0, 0.05) is 13.1 Å². The quantitative estimate of drug-likeness (QED) is 0.498. The van der Waals surface area contributed by atoms with Crippen molar-refractivity contribution in [2.45, 2.75) is 19.3 Å². The summed E-state index contributed by atoms with van der Waals surface area (Å²) in [6.45, 7) is 2.05. The molecule has 1 saturated heterocycles. The number of piperidine rings is 1. The maximum atomic E-state index is 9.53. The van der Waals surface area contributed by atoms with E-state index >= 15 is 0 Å². The lowest BCUT2D eigenvalue weighted by atomic mass is 9.90. The number of rotatable bonds is 4. The van der Waals surface area contributed by atoms with Crippen LogP contribution >= 0.6 is 0 Å². The largest absolute Gasteiger partial charge is 0.508 e. The van der Waals surface area contributed by atoms with E-state index in [0.29, 0.717) is 0 Å². The van der Waals surface area contributed by atoms with Crippen molar-refractivity contribution in [3.05, 3.63) is 84.6 Å². The van der Waals surface area contributed by atoms with Crippen molar-refractivity contribution in [2.24, 2.45) is 5.92 Å². The molecule has 0 saturated carbocycles. The van der Waals surface area contributed by atoms with Gasteiger partial charge in [-0.25, -0.2) is 4.98 Å². The molecule has 2 heterocycles. The molecule has 0 amide bonds. The van der Waals surface area contributed by atoms with E-state index in [-0.39, 0.29) is 5.75 Å². The van der Waals surface area contributed by atoms with Crippen LogP contribution in [0.15, 0.2) is 79.0 Å². The lowest BCUT2D eigenvalue weighted by Gasteiger charge is -2.32. The molecule has 0 unspecified atom stereocenters. The summed E-state index contributed by atoms with van der Waals surface area (Å²) >= 11 is 0. The van der Waals surface area contributed by atoms with Gasteiger partial charge in [-0.3, -0.25) is 4.98 Å². The molecule has 5 rings (SSSR count). The molecule has 150 valence electrons. The Morgan fingerprint density at radius 3 is 2.33 bits per heavy atom. The second-order valence-corrected chi connectivity index (χ2v) is 8.10. The number of aromatic hydroxyl groups is 1. The lowest BCUT2D eigenvalue weighted by Crippen LogP contribution is -2.34. The summed E-state index contributed by atoms with van der Waals surface area (Å²) in [7, 11) is 0. The summed E-state index contributed by atoms with van der Waals surface area (Å²) in [4.78, 5) is 11.9. The van der Waals surface area contributed by atoms with E-state index in [9.17, 15) is 5.11 Å². The first-order valence-corrected chi connectivity index (χ1v) is 10.6. The Labute approximate surface area is 176 Å². The molecule has 1 aliphatic heterocycles. The van der Waals surface area contributed by atoms with Gasteiger partial charge in [0.15, 0.2) is 0 Å². The predicted octanol–water partition coefficient (Wildman–Crippen LogP) is 5.46. The van der Waals surface area contributed by atoms with Gasteiger partial charge in [-0.15, -0.1) is 0 Å². The third-order valence-corrected chi connectivity index (χ3v) is 6.04. The van der Waals surface area contributed by atoms with E-state index in [4.69, 9.17) is 4.98 Å². The standard InChI is InChI=1S/C26H25N3O/c30-23-9-6-21(7-10-23)22-8-11-24-25(17-22)28-26(18-27-24)29-14-12-20(13-15-29)16-19-4-2-1-3-5-19/h1-11,17-18,20,30H,12-16H2. The Morgan fingerprint density at radius 2 is 1.57 bits per heavy atom. The van der Waals surface area contributed by atoms with Crippen LogP contribution in [0.25, 0.3) is 22.2 Å². The SMILES string of the molecule is Oc1ccc(-c2ccc3ncc(N4CCC(Cc5ccccc5)CC4)nc3c2)cc1. The van der Waals surface area contributed by atoms with Gasteiger partial charge in [0.05, 0.1) is 17.2 Å². The van der Waals surface area contributed by atoms with Crippen LogP contribution in [0.5, 0.6) is 5.75 Å². The molecule has 1 aliphatic rings. The molecule has 0 atom stereocenters. The molecule has 1 fully saturated rings. The van der Waals surface area contributed by atoms with Gasteiger partial charge < -0.3 is 10.0 Å². The van der Waals surface area contributed by atoms with Crippen molar-refractivity contribution < 1.29 is 5.11 Å². The van der Waals surface area contributed by atoms with Crippen LogP contribution in [0.3, 0.4) is 0 Å². The van der Waals surface area contributed by atoms with Gasteiger partial charge in [0.25, 0.3) is 0 Å². The van der Waals surface area contributed by atoms with Crippen LogP contribution in [0.1, 0.15) is 18.4 Å². The molecule has 0 aliphatic carbocycles. The van der Waals surface area contributed by atoms with Crippen molar-refractivity contribution in [3.8, 4) is 16.9 Å². The van der Waals surface area contributed by atoms with Crippen LogP contribution in [-0.4, -0.2) is 28.2 Å². The minimum atomic E-state index is 0.275. The van der Waals surface area contributed by atoms with E-state index in [2.05, 4.69) is 52.3 Å². The van der Waals surface area contributed by atoms with Crippen LogP contribution in [-0.2, 0) is 6.42 Å². The molecule has 0 radical (unpaired) electrons. The summed E-state index contributed by atoms with van der Waals surface area (Å²) < 4.78 is 0. The molecular weight excluding hydrogens is 370 g/mol. The maximum Gasteiger partial charge on any atom is 0.147 e. The van der Waals surface area contributed by atoms with Crippen LogP contribution in [0.4, 0.5) is 5.82 Å². The highest BCUT2D eigenvalue weighted by atomic mass is 16.3. The minimum Gasteiger partial charge on any atom is -0.508 e. The van der Waals surface area contributed by atoms with Crippen molar-refractivity contribution in [3.63, 3.8) is 0 Å². The van der Waals surface area contributed by atoms with E-state index in [1.165, 1.54) is 18.4 Å². The highest BCUT2D eigenvalue weighted by Gasteiger charge is 2.21. The number of phenolic OH excluding ortho intramolecular Hbond substituents is 1. The fourth-order valence-corrected chi connectivity index (χ4v) is 4.30. The van der Waals surface area contributed by atoms with E-state index in [0.717, 1.165) is 53.4 Å². The zero-order valence-corrected chi connectivity index (χ0v) is 16.9. The number of aromatic nitrogens is 2. The summed E-state index contributed by atoms with van der Waals surface area (Å²) in [5.74, 6) is 1.97. The third-order valence-electron chi connectivity index (χ3n) is 6.04. The average Bonchev–Trinajstić information content (AvgIpc) is 2.80. The number of nitrogens with zero attached hydrogens (tertiary/aromatic N) is 3. The molecule has 0 bridgehead atoms. The summed E-state index contributed by atoms with van der Waals surface area (Å²) in [6, 6.07) is 24.2. The fourth-order valence-electron chi connectivity index (χ4n) is 4.30. The maximum absolute atomic E-state index is 9.53. The summed E-state index contributed by atoms with van der Waals surface area (Å²) in [5.41, 5.74) is 5.38. The van der Waals surface area contributed by atoms with Crippen LogP contribution in [0.2, 0.25) is 0 Å². The Hall–Kier alpha value is -3.40. The Balaban J connectivity index is 1.32. The first kappa shape index (κ1) is 18.6. The second-order valence-electron chi connectivity index (χ2n) is 8.10. The molecule has 4 aromatic rings. The van der Waals surface area contributed by atoms with Crippen molar-refractivity contribution in [2.75, 3.05) is 18.0 Å². The fraction of sp³-hybridized carbons (Fsp3) is 0.231. The van der Waals surface area contributed by atoms with Crippen molar-refractivity contribution in [1.82, 2.24) is 9.97 Å². The topological polar surface area (TPSA) is 49.3 Å². The van der Waals surface area contributed by atoms with Crippen molar-refractivity contribution >= 4 is 16.9 Å². The monoisotopic (exact) mass is 395 g/mol. The zero-order chi connectivity index (χ0) is 20.3. The van der Waals surface area contributed by atoms with Gasteiger partial charge in [0.2, 0.25) is 0 Å². The van der Waals surface area contributed by atoms with Crippen molar-refractivity contribution in [1.29, 1.82) is 0 Å². The first-order chi connectivity index (χ1) is 14.7.